The predicted molar refractivity (Wildman–Crippen MR) is 81.9 cm³/mol. The number of hydrogen-bond acceptors (Lipinski definition) is 4. The molecule has 0 saturated heterocycles. The highest BCUT2D eigenvalue weighted by molar-refractivity contribution is 5.96. The Hall–Kier alpha value is -2.69. The molecule has 5 nitrogen and oxygen atoms in total. The number of anilines is 4. The third-order valence-electron chi connectivity index (χ3n) is 2.93. The number of hydrogen-bond donors (Lipinski definition) is 3. The van der Waals surface area contributed by atoms with Crippen LogP contribution in [-0.2, 0) is 0 Å². The third-order valence-corrected chi connectivity index (χ3v) is 2.93. The minimum absolute atomic E-state index is 0.188. The molecule has 2 aromatic rings. The van der Waals surface area contributed by atoms with Crippen LogP contribution in [0.15, 0.2) is 42.5 Å². The van der Waals surface area contributed by atoms with Gasteiger partial charge in [0, 0.05) is 19.8 Å². The smallest absolute Gasteiger partial charge is 0.337 e. The molecule has 0 aromatic heterocycles. The number of nitrogens with zero attached hydrogens (tertiary/aromatic N) is 1. The van der Waals surface area contributed by atoms with Crippen LogP contribution < -0.4 is 16.0 Å². The van der Waals surface area contributed by atoms with E-state index in [0.29, 0.717) is 11.4 Å². The highest BCUT2D eigenvalue weighted by Gasteiger charge is 2.12. The van der Waals surface area contributed by atoms with E-state index in [-0.39, 0.29) is 5.56 Å². The topological polar surface area (TPSA) is 78.6 Å². The number of para-hydroxylation sites is 2. The molecule has 0 amide bonds. The maximum Gasteiger partial charge on any atom is 0.337 e. The molecule has 0 unspecified atom stereocenters. The fourth-order valence-electron chi connectivity index (χ4n) is 1.97. The second kappa shape index (κ2) is 5.52. The van der Waals surface area contributed by atoms with Crippen molar-refractivity contribution in [3.63, 3.8) is 0 Å². The van der Waals surface area contributed by atoms with Crippen LogP contribution >= 0.6 is 0 Å². The van der Waals surface area contributed by atoms with Gasteiger partial charge in [0.1, 0.15) is 0 Å². The van der Waals surface area contributed by atoms with Crippen molar-refractivity contribution in [2.24, 2.45) is 0 Å². The molecule has 0 atom stereocenters. The summed E-state index contributed by atoms with van der Waals surface area (Å²) in [6.45, 7) is 0. The Morgan fingerprint density at radius 2 is 1.85 bits per heavy atom. The summed E-state index contributed by atoms with van der Waals surface area (Å²) in [4.78, 5) is 13.2. The van der Waals surface area contributed by atoms with E-state index in [1.165, 1.54) is 6.07 Å². The number of carbonyl (C=O) groups is 1. The zero-order chi connectivity index (χ0) is 14.7. The third kappa shape index (κ3) is 2.83. The van der Waals surface area contributed by atoms with Gasteiger partial charge in [0.25, 0.3) is 0 Å². The SMILES string of the molecule is CN(C)c1ccccc1Nc1cc(N)ccc1C(=O)O. The molecule has 0 aliphatic heterocycles. The lowest BCUT2D eigenvalue weighted by atomic mass is 10.1. The van der Waals surface area contributed by atoms with E-state index in [0.717, 1.165) is 11.4 Å². The fourth-order valence-corrected chi connectivity index (χ4v) is 1.97. The zero-order valence-electron chi connectivity index (χ0n) is 11.4. The molecule has 104 valence electrons. The largest absolute Gasteiger partial charge is 0.478 e. The zero-order valence-corrected chi connectivity index (χ0v) is 11.4. The Morgan fingerprint density at radius 1 is 1.15 bits per heavy atom. The van der Waals surface area contributed by atoms with Crippen LogP contribution in [0.5, 0.6) is 0 Å². The summed E-state index contributed by atoms with van der Waals surface area (Å²) in [6.07, 6.45) is 0. The van der Waals surface area contributed by atoms with Gasteiger partial charge in [-0.15, -0.1) is 0 Å². The molecule has 0 heterocycles. The summed E-state index contributed by atoms with van der Waals surface area (Å²) in [5.41, 5.74) is 8.70. The Bertz CT molecular complexity index is 639. The minimum Gasteiger partial charge on any atom is -0.478 e. The number of carboxylic acids is 1. The molecule has 0 aliphatic carbocycles. The molecule has 0 spiro atoms. The maximum atomic E-state index is 11.3. The van der Waals surface area contributed by atoms with E-state index in [1.54, 1.807) is 12.1 Å². The minimum atomic E-state index is -0.991. The van der Waals surface area contributed by atoms with Crippen LogP contribution in [0.25, 0.3) is 0 Å². The lowest BCUT2D eigenvalue weighted by Crippen LogP contribution is -2.11. The lowest BCUT2D eigenvalue weighted by Gasteiger charge is -2.19. The van der Waals surface area contributed by atoms with E-state index in [2.05, 4.69) is 5.32 Å². The molecule has 2 aromatic carbocycles. The van der Waals surface area contributed by atoms with Gasteiger partial charge in [-0.05, 0) is 30.3 Å². The molecule has 4 N–H and O–H groups in total. The summed E-state index contributed by atoms with van der Waals surface area (Å²) in [5.74, 6) is -0.991. The van der Waals surface area contributed by atoms with Gasteiger partial charge in [-0.1, -0.05) is 12.1 Å². The van der Waals surface area contributed by atoms with Crippen molar-refractivity contribution in [1.82, 2.24) is 0 Å². The van der Waals surface area contributed by atoms with Crippen LogP contribution in [0.2, 0.25) is 0 Å². The molecule has 0 fully saturated rings. The first-order valence-electron chi connectivity index (χ1n) is 6.15. The average molecular weight is 271 g/mol. The highest BCUT2D eigenvalue weighted by Crippen LogP contribution is 2.29. The molecule has 2 rings (SSSR count). The Kier molecular flexibility index (Phi) is 3.79. The summed E-state index contributed by atoms with van der Waals surface area (Å²) in [6, 6.07) is 12.4. The van der Waals surface area contributed by atoms with Gasteiger partial charge in [-0.2, -0.15) is 0 Å². The lowest BCUT2D eigenvalue weighted by molar-refractivity contribution is 0.0698. The summed E-state index contributed by atoms with van der Waals surface area (Å²) < 4.78 is 0. The molecular weight excluding hydrogens is 254 g/mol. The monoisotopic (exact) mass is 271 g/mol. The molecule has 0 bridgehead atoms. The fraction of sp³-hybridized carbons (Fsp3) is 0.133. The van der Waals surface area contributed by atoms with Crippen molar-refractivity contribution in [1.29, 1.82) is 0 Å². The Morgan fingerprint density at radius 3 is 2.50 bits per heavy atom. The Labute approximate surface area is 117 Å². The van der Waals surface area contributed by atoms with Crippen LogP contribution in [0.3, 0.4) is 0 Å². The number of carboxylic acid groups (broad SMARTS) is 1. The first-order valence-corrected chi connectivity index (χ1v) is 6.15. The van der Waals surface area contributed by atoms with E-state index >= 15 is 0 Å². The van der Waals surface area contributed by atoms with Crippen LogP contribution in [0, 0.1) is 0 Å². The first kappa shape index (κ1) is 13.7. The van der Waals surface area contributed by atoms with Crippen molar-refractivity contribution >= 4 is 28.7 Å². The van der Waals surface area contributed by atoms with E-state index in [4.69, 9.17) is 5.73 Å². The number of aromatic carboxylic acids is 1. The molecule has 0 saturated carbocycles. The van der Waals surface area contributed by atoms with E-state index < -0.39 is 5.97 Å². The molecule has 0 aliphatic rings. The summed E-state index contributed by atoms with van der Waals surface area (Å²) in [7, 11) is 3.86. The number of nitrogens with one attached hydrogen (secondary N) is 1. The molecule has 5 heteroatoms. The van der Waals surface area contributed by atoms with Crippen molar-refractivity contribution in [2.45, 2.75) is 0 Å². The second-order valence-electron chi connectivity index (χ2n) is 4.65. The van der Waals surface area contributed by atoms with Crippen LogP contribution in [0.4, 0.5) is 22.7 Å². The van der Waals surface area contributed by atoms with Gasteiger partial charge in [-0.3, -0.25) is 0 Å². The van der Waals surface area contributed by atoms with Gasteiger partial charge in [0.2, 0.25) is 0 Å². The Balaban J connectivity index is 2.45. The van der Waals surface area contributed by atoms with Crippen molar-refractivity contribution in [3.05, 3.63) is 48.0 Å². The quantitative estimate of drug-likeness (QED) is 0.745. The number of benzene rings is 2. The van der Waals surface area contributed by atoms with E-state index in [1.807, 2.05) is 43.3 Å². The van der Waals surface area contributed by atoms with Crippen molar-refractivity contribution < 1.29 is 9.90 Å². The van der Waals surface area contributed by atoms with Gasteiger partial charge < -0.3 is 21.1 Å². The summed E-state index contributed by atoms with van der Waals surface area (Å²) in [5, 5.41) is 12.4. The number of nitrogens with two attached hydrogens (primary N) is 1. The normalized spacial score (nSPS) is 10.1. The standard InChI is InChI=1S/C15H17N3O2/c1-18(2)14-6-4-3-5-12(14)17-13-9-10(16)7-8-11(13)15(19)20/h3-9,17H,16H2,1-2H3,(H,19,20). The molecule has 20 heavy (non-hydrogen) atoms. The van der Waals surface area contributed by atoms with Crippen LogP contribution in [0.1, 0.15) is 10.4 Å². The second-order valence-corrected chi connectivity index (χ2v) is 4.65. The van der Waals surface area contributed by atoms with Gasteiger partial charge in [-0.25, -0.2) is 4.79 Å². The van der Waals surface area contributed by atoms with Gasteiger partial charge >= 0.3 is 5.97 Å². The first-order chi connectivity index (χ1) is 9.49. The predicted octanol–water partition coefficient (Wildman–Crippen LogP) is 2.78. The average Bonchev–Trinajstić information content (AvgIpc) is 2.38. The van der Waals surface area contributed by atoms with Gasteiger partial charge in [0.05, 0.1) is 22.6 Å². The van der Waals surface area contributed by atoms with E-state index in [9.17, 15) is 9.90 Å². The maximum absolute atomic E-state index is 11.3. The van der Waals surface area contributed by atoms with Crippen molar-refractivity contribution in [3.8, 4) is 0 Å². The van der Waals surface area contributed by atoms with Gasteiger partial charge in [0.15, 0.2) is 0 Å². The number of nitrogen functional groups attached to an aromatic ring is 1. The van der Waals surface area contributed by atoms with Crippen molar-refractivity contribution in [2.75, 3.05) is 30.0 Å². The molecular formula is C15H17N3O2. The summed E-state index contributed by atoms with van der Waals surface area (Å²) >= 11 is 0. The van der Waals surface area contributed by atoms with Crippen LogP contribution in [-0.4, -0.2) is 25.2 Å². The number of rotatable bonds is 4. The molecule has 0 radical (unpaired) electrons. The highest BCUT2D eigenvalue weighted by atomic mass is 16.4.